The summed E-state index contributed by atoms with van der Waals surface area (Å²) in [6, 6.07) is 0. The van der Waals surface area contributed by atoms with Gasteiger partial charge in [-0.15, -0.1) is 0 Å². The maximum Gasteiger partial charge on any atom is 0.434 e. The third-order valence-corrected chi connectivity index (χ3v) is 2.66. The highest BCUT2D eigenvalue weighted by atomic mass is 35.5. The first kappa shape index (κ1) is 12.1. The largest absolute Gasteiger partial charge is 0.478 e. The zero-order chi connectivity index (χ0) is 12.8. The summed E-state index contributed by atoms with van der Waals surface area (Å²) in [5.74, 6) is -1.52. The second-order valence-electron chi connectivity index (χ2n) is 3.37. The van der Waals surface area contributed by atoms with Crippen molar-refractivity contribution in [1.29, 1.82) is 0 Å². The SMILES string of the molecule is O=C(O)c1c(Cl)c(C(F)(F)F)nc2c1COC2. The Labute approximate surface area is 98.0 Å². The maximum absolute atomic E-state index is 12.6. The number of aromatic carboxylic acids is 1. The molecule has 0 amide bonds. The molecule has 0 atom stereocenters. The van der Waals surface area contributed by atoms with Crippen molar-refractivity contribution in [2.75, 3.05) is 0 Å². The molecule has 0 fully saturated rings. The number of ether oxygens (including phenoxy) is 1. The van der Waals surface area contributed by atoms with E-state index < -0.39 is 28.4 Å². The molecule has 0 saturated carbocycles. The van der Waals surface area contributed by atoms with Crippen LogP contribution in [0.4, 0.5) is 13.2 Å². The number of alkyl halides is 3. The number of carboxylic acids is 1. The van der Waals surface area contributed by atoms with Crippen LogP contribution in [0, 0.1) is 0 Å². The zero-order valence-electron chi connectivity index (χ0n) is 8.14. The van der Waals surface area contributed by atoms with Crippen LogP contribution in [0.5, 0.6) is 0 Å². The van der Waals surface area contributed by atoms with E-state index in [1.54, 1.807) is 0 Å². The number of fused-ring (bicyclic) bond motifs is 1. The van der Waals surface area contributed by atoms with Crippen molar-refractivity contribution in [3.63, 3.8) is 0 Å². The van der Waals surface area contributed by atoms with E-state index in [-0.39, 0.29) is 24.5 Å². The number of halogens is 4. The number of aromatic nitrogens is 1. The predicted octanol–water partition coefficient (Wildman–Crippen LogP) is 2.48. The number of carboxylic acid groups (broad SMARTS) is 1. The fourth-order valence-electron chi connectivity index (χ4n) is 1.58. The van der Waals surface area contributed by atoms with Crippen molar-refractivity contribution in [3.05, 3.63) is 27.5 Å². The highest BCUT2D eigenvalue weighted by Crippen LogP contribution is 2.38. The summed E-state index contributed by atoms with van der Waals surface area (Å²) in [6.45, 7) is -0.238. The second-order valence-corrected chi connectivity index (χ2v) is 3.75. The Bertz CT molecular complexity index is 501. The minimum atomic E-state index is -4.79. The number of rotatable bonds is 1. The van der Waals surface area contributed by atoms with E-state index in [0.717, 1.165) is 0 Å². The van der Waals surface area contributed by atoms with E-state index in [9.17, 15) is 18.0 Å². The van der Waals surface area contributed by atoms with Crippen LogP contribution in [0.1, 0.15) is 27.3 Å². The van der Waals surface area contributed by atoms with Gasteiger partial charge in [0.1, 0.15) is 0 Å². The first-order chi connectivity index (χ1) is 7.82. The third-order valence-electron chi connectivity index (χ3n) is 2.29. The van der Waals surface area contributed by atoms with E-state index in [1.165, 1.54) is 0 Å². The van der Waals surface area contributed by atoms with Crippen LogP contribution >= 0.6 is 11.6 Å². The molecule has 0 spiro atoms. The van der Waals surface area contributed by atoms with Gasteiger partial charge in [-0.05, 0) is 0 Å². The maximum atomic E-state index is 12.6. The summed E-state index contributed by atoms with van der Waals surface area (Å²) in [5.41, 5.74) is -1.89. The topological polar surface area (TPSA) is 59.4 Å². The molecule has 4 nitrogen and oxygen atoms in total. The molecule has 92 valence electrons. The molecule has 1 aromatic rings. The number of nitrogens with zero attached hydrogens (tertiary/aromatic N) is 1. The molecule has 2 heterocycles. The molecule has 0 aromatic carbocycles. The standard InChI is InChI=1S/C9H5ClF3NO3/c10-6-5(8(15)16)3-1-17-2-4(3)14-7(6)9(11,12)13/h1-2H2,(H,15,16). The van der Waals surface area contributed by atoms with Gasteiger partial charge in [0.2, 0.25) is 0 Å². The molecular formula is C9H5ClF3NO3. The van der Waals surface area contributed by atoms with Gasteiger partial charge in [-0.1, -0.05) is 11.6 Å². The second kappa shape index (κ2) is 3.85. The summed E-state index contributed by atoms with van der Waals surface area (Å²) in [5, 5.41) is 7.99. The fraction of sp³-hybridized carbons (Fsp3) is 0.333. The molecule has 0 unspecified atom stereocenters. The summed E-state index contributed by atoms with van der Waals surface area (Å²) < 4.78 is 42.6. The normalized spacial score (nSPS) is 14.8. The van der Waals surface area contributed by atoms with Gasteiger partial charge in [0.05, 0.1) is 29.5 Å². The van der Waals surface area contributed by atoms with Crippen LogP contribution in [-0.2, 0) is 24.1 Å². The van der Waals surface area contributed by atoms with Gasteiger partial charge in [0.25, 0.3) is 0 Å². The van der Waals surface area contributed by atoms with Crippen LogP contribution in [0.25, 0.3) is 0 Å². The van der Waals surface area contributed by atoms with E-state index >= 15 is 0 Å². The summed E-state index contributed by atoms with van der Waals surface area (Å²) in [4.78, 5) is 14.2. The van der Waals surface area contributed by atoms with E-state index in [0.29, 0.717) is 0 Å². The minimum absolute atomic E-state index is 0.0286. The van der Waals surface area contributed by atoms with Crippen LogP contribution in [0.2, 0.25) is 5.02 Å². The lowest BCUT2D eigenvalue weighted by molar-refractivity contribution is -0.141. The Morgan fingerprint density at radius 3 is 2.59 bits per heavy atom. The lowest BCUT2D eigenvalue weighted by Crippen LogP contribution is -2.15. The smallest absolute Gasteiger partial charge is 0.434 e. The lowest BCUT2D eigenvalue weighted by atomic mass is 10.1. The molecule has 8 heteroatoms. The Hall–Kier alpha value is -1.34. The average Bonchev–Trinajstić information content (AvgIpc) is 2.61. The van der Waals surface area contributed by atoms with Crippen LogP contribution in [-0.4, -0.2) is 16.1 Å². The number of pyridine rings is 1. The van der Waals surface area contributed by atoms with Crippen molar-refractivity contribution in [3.8, 4) is 0 Å². The Morgan fingerprint density at radius 2 is 2.06 bits per heavy atom. The summed E-state index contributed by atoms with van der Waals surface area (Å²) >= 11 is 5.45. The lowest BCUT2D eigenvalue weighted by Gasteiger charge is -2.12. The van der Waals surface area contributed by atoms with Gasteiger partial charge in [0, 0.05) is 5.56 Å². The predicted molar refractivity (Wildman–Crippen MR) is 49.7 cm³/mol. The molecule has 17 heavy (non-hydrogen) atoms. The average molecular weight is 268 g/mol. The molecule has 0 radical (unpaired) electrons. The number of hydrogen-bond acceptors (Lipinski definition) is 3. The van der Waals surface area contributed by atoms with Crippen LogP contribution in [0.15, 0.2) is 0 Å². The Balaban J connectivity index is 2.74. The summed E-state index contributed by atoms with van der Waals surface area (Å²) in [6.07, 6.45) is -4.79. The highest BCUT2D eigenvalue weighted by Gasteiger charge is 2.39. The Morgan fingerprint density at radius 1 is 1.41 bits per heavy atom. The van der Waals surface area contributed by atoms with Crippen molar-refractivity contribution in [2.24, 2.45) is 0 Å². The van der Waals surface area contributed by atoms with Crippen molar-refractivity contribution >= 4 is 17.6 Å². The molecule has 1 N–H and O–H groups in total. The van der Waals surface area contributed by atoms with E-state index in [2.05, 4.69) is 4.98 Å². The molecule has 1 aliphatic rings. The van der Waals surface area contributed by atoms with E-state index in [4.69, 9.17) is 21.4 Å². The molecule has 0 aliphatic carbocycles. The van der Waals surface area contributed by atoms with E-state index in [1.807, 2.05) is 0 Å². The van der Waals surface area contributed by atoms with Gasteiger partial charge in [0.15, 0.2) is 5.69 Å². The van der Waals surface area contributed by atoms with Crippen molar-refractivity contribution in [1.82, 2.24) is 4.98 Å². The number of carbonyl (C=O) groups is 1. The van der Waals surface area contributed by atoms with Crippen molar-refractivity contribution in [2.45, 2.75) is 19.4 Å². The van der Waals surface area contributed by atoms with Crippen molar-refractivity contribution < 1.29 is 27.8 Å². The first-order valence-electron chi connectivity index (χ1n) is 4.42. The molecule has 0 saturated heterocycles. The van der Waals surface area contributed by atoms with Gasteiger partial charge < -0.3 is 9.84 Å². The van der Waals surface area contributed by atoms with Gasteiger partial charge in [-0.25, -0.2) is 9.78 Å². The van der Waals surface area contributed by atoms with Crippen LogP contribution in [0.3, 0.4) is 0 Å². The van der Waals surface area contributed by atoms with Gasteiger partial charge in [-0.3, -0.25) is 0 Å². The third kappa shape index (κ3) is 1.96. The first-order valence-corrected chi connectivity index (χ1v) is 4.79. The molecule has 1 aromatic heterocycles. The highest BCUT2D eigenvalue weighted by molar-refractivity contribution is 6.34. The molecular weight excluding hydrogens is 263 g/mol. The molecule has 1 aliphatic heterocycles. The summed E-state index contributed by atoms with van der Waals surface area (Å²) in [7, 11) is 0. The van der Waals surface area contributed by atoms with Crippen LogP contribution < -0.4 is 0 Å². The minimum Gasteiger partial charge on any atom is -0.478 e. The van der Waals surface area contributed by atoms with Gasteiger partial charge in [-0.2, -0.15) is 13.2 Å². The fourth-order valence-corrected chi connectivity index (χ4v) is 1.93. The zero-order valence-corrected chi connectivity index (χ0v) is 8.89. The Kier molecular flexibility index (Phi) is 2.75. The van der Waals surface area contributed by atoms with Gasteiger partial charge >= 0.3 is 12.1 Å². The quantitative estimate of drug-likeness (QED) is 0.849. The molecule has 2 rings (SSSR count). The number of hydrogen-bond donors (Lipinski definition) is 1. The molecule has 0 bridgehead atoms. The monoisotopic (exact) mass is 267 g/mol.